The van der Waals surface area contributed by atoms with Crippen LogP contribution in [0.1, 0.15) is 71.1 Å². The summed E-state index contributed by atoms with van der Waals surface area (Å²) in [6.45, 7) is 1.92. The van der Waals surface area contributed by atoms with Gasteiger partial charge in [-0.1, -0.05) is 13.3 Å². The summed E-state index contributed by atoms with van der Waals surface area (Å²) in [5, 5.41) is 0. The van der Waals surface area contributed by atoms with Gasteiger partial charge in [0.25, 0.3) is 0 Å². The van der Waals surface area contributed by atoms with Crippen molar-refractivity contribution in [2.24, 2.45) is 11.8 Å². The fourth-order valence-electron chi connectivity index (χ4n) is 3.76. The molecule has 0 saturated heterocycles. The smallest absolute Gasteiger partial charge is 0.244 e. The topological polar surface area (TPSA) is 0 Å². The maximum absolute atomic E-state index is 14.3. The normalized spacial score (nSPS) is 37.7. The van der Waals surface area contributed by atoms with E-state index in [9.17, 15) is 13.2 Å². The second kappa shape index (κ2) is 5.42. The van der Waals surface area contributed by atoms with Crippen molar-refractivity contribution in [1.29, 1.82) is 0 Å². The summed E-state index contributed by atoms with van der Waals surface area (Å²) in [7, 11) is 0. The molecule has 0 heterocycles. The standard InChI is InChI=1S/C15H25F3/c1-2-14(16)7-3-4-13(11-14)10-12-5-8-15(17,18)9-6-12/h12-13H,2-11H2,1H3/t13-,14+/m1/s1. The van der Waals surface area contributed by atoms with E-state index in [2.05, 4.69) is 0 Å². The highest BCUT2D eigenvalue weighted by atomic mass is 19.3. The van der Waals surface area contributed by atoms with Crippen molar-refractivity contribution in [3.8, 4) is 0 Å². The number of hydrogen-bond acceptors (Lipinski definition) is 0. The fraction of sp³-hybridized carbons (Fsp3) is 1.00. The van der Waals surface area contributed by atoms with Gasteiger partial charge in [-0.25, -0.2) is 13.2 Å². The molecule has 0 aromatic rings. The minimum atomic E-state index is -2.43. The maximum atomic E-state index is 14.3. The average Bonchev–Trinajstić information content (AvgIpc) is 2.32. The zero-order chi connectivity index (χ0) is 13.2. The number of rotatable bonds is 3. The van der Waals surface area contributed by atoms with Gasteiger partial charge in [0.15, 0.2) is 0 Å². The van der Waals surface area contributed by atoms with Gasteiger partial charge in [-0.2, -0.15) is 0 Å². The van der Waals surface area contributed by atoms with Crippen LogP contribution in [-0.4, -0.2) is 11.6 Å². The summed E-state index contributed by atoms with van der Waals surface area (Å²) < 4.78 is 40.5. The van der Waals surface area contributed by atoms with Gasteiger partial charge in [-0.15, -0.1) is 0 Å². The van der Waals surface area contributed by atoms with Crippen molar-refractivity contribution >= 4 is 0 Å². The van der Waals surface area contributed by atoms with Crippen LogP contribution >= 0.6 is 0 Å². The fourth-order valence-corrected chi connectivity index (χ4v) is 3.76. The summed E-state index contributed by atoms with van der Waals surface area (Å²) in [6, 6.07) is 0. The van der Waals surface area contributed by atoms with Crippen LogP contribution in [0.25, 0.3) is 0 Å². The Morgan fingerprint density at radius 1 is 0.944 bits per heavy atom. The highest BCUT2D eigenvalue weighted by Gasteiger charge is 2.38. The van der Waals surface area contributed by atoms with E-state index in [1.165, 1.54) is 0 Å². The van der Waals surface area contributed by atoms with E-state index in [0.717, 1.165) is 19.3 Å². The van der Waals surface area contributed by atoms with Crippen LogP contribution in [-0.2, 0) is 0 Å². The van der Waals surface area contributed by atoms with E-state index >= 15 is 0 Å². The molecule has 0 unspecified atom stereocenters. The highest BCUT2D eigenvalue weighted by Crippen LogP contribution is 2.44. The van der Waals surface area contributed by atoms with Crippen molar-refractivity contribution in [1.82, 2.24) is 0 Å². The molecule has 0 nitrogen and oxygen atoms in total. The molecule has 0 aromatic heterocycles. The van der Waals surface area contributed by atoms with Crippen molar-refractivity contribution < 1.29 is 13.2 Å². The molecule has 3 heteroatoms. The van der Waals surface area contributed by atoms with Gasteiger partial charge in [0.05, 0.1) is 0 Å². The average molecular weight is 262 g/mol. The van der Waals surface area contributed by atoms with Gasteiger partial charge < -0.3 is 0 Å². The molecule has 2 rings (SSSR count). The molecule has 0 N–H and O–H groups in total. The second-order valence-corrected chi connectivity index (χ2v) is 6.50. The highest BCUT2D eigenvalue weighted by molar-refractivity contribution is 4.88. The van der Waals surface area contributed by atoms with Crippen LogP contribution in [0.4, 0.5) is 13.2 Å². The van der Waals surface area contributed by atoms with Crippen LogP contribution in [0.3, 0.4) is 0 Å². The lowest BCUT2D eigenvalue weighted by molar-refractivity contribution is -0.0501. The molecule has 0 amide bonds. The van der Waals surface area contributed by atoms with Crippen molar-refractivity contribution in [2.45, 2.75) is 82.7 Å². The molecule has 2 aliphatic rings. The second-order valence-electron chi connectivity index (χ2n) is 6.50. The predicted octanol–water partition coefficient (Wildman–Crippen LogP) is 5.51. The third kappa shape index (κ3) is 3.64. The van der Waals surface area contributed by atoms with Crippen LogP contribution < -0.4 is 0 Å². The maximum Gasteiger partial charge on any atom is 0.248 e. The first-order chi connectivity index (χ1) is 8.42. The summed E-state index contributed by atoms with van der Waals surface area (Å²) in [5.74, 6) is -1.59. The van der Waals surface area contributed by atoms with E-state index in [1.54, 1.807) is 0 Å². The molecule has 2 fully saturated rings. The Morgan fingerprint density at radius 2 is 1.61 bits per heavy atom. The van der Waals surface area contributed by atoms with E-state index < -0.39 is 11.6 Å². The first-order valence-corrected chi connectivity index (χ1v) is 7.49. The lowest BCUT2D eigenvalue weighted by Gasteiger charge is -2.37. The zero-order valence-corrected chi connectivity index (χ0v) is 11.4. The molecule has 0 spiro atoms. The molecule has 0 aliphatic heterocycles. The van der Waals surface area contributed by atoms with Gasteiger partial charge in [0.2, 0.25) is 5.92 Å². The molecule has 0 radical (unpaired) electrons. The molecule has 0 aromatic carbocycles. The van der Waals surface area contributed by atoms with Gasteiger partial charge in [0, 0.05) is 12.8 Å². The quantitative estimate of drug-likeness (QED) is 0.629. The van der Waals surface area contributed by atoms with Crippen LogP contribution in [0.5, 0.6) is 0 Å². The monoisotopic (exact) mass is 262 g/mol. The lowest BCUT2D eigenvalue weighted by atomic mass is 9.72. The summed E-state index contributed by atoms with van der Waals surface area (Å²) in [6.07, 6.45) is 6.35. The molecule has 2 atom stereocenters. The van der Waals surface area contributed by atoms with Gasteiger partial charge in [-0.05, 0) is 56.8 Å². The van der Waals surface area contributed by atoms with E-state index in [1.807, 2.05) is 6.92 Å². The first-order valence-electron chi connectivity index (χ1n) is 7.49. The largest absolute Gasteiger partial charge is 0.248 e. The van der Waals surface area contributed by atoms with E-state index in [-0.39, 0.29) is 12.8 Å². The van der Waals surface area contributed by atoms with Crippen LogP contribution in [0.2, 0.25) is 0 Å². The summed E-state index contributed by atoms with van der Waals surface area (Å²) in [5.41, 5.74) is -0.971. The van der Waals surface area contributed by atoms with Crippen molar-refractivity contribution in [3.05, 3.63) is 0 Å². The Bertz CT molecular complexity index is 267. The predicted molar refractivity (Wildman–Crippen MR) is 67.6 cm³/mol. The van der Waals surface area contributed by atoms with Crippen LogP contribution in [0.15, 0.2) is 0 Å². The van der Waals surface area contributed by atoms with Crippen LogP contribution in [0, 0.1) is 11.8 Å². The molecule has 18 heavy (non-hydrogen) atoms. The van der Waals surface area contributed by atoms with Gasteiger partial charge >= 0.3 is 0 Å². The minimum Gasteiger partial charge on any atom is -0.244 e. The lowest BCUT2D eigenvalue weighted by Crippen LogP contribution is -2.32. The third-order valence-corrected chi connectivity index (χ3v) is 5.03. The Labute approximate surface area is 108 Å². The molecule has 106 valence electrons. The number of hydrogen-bond donors (Lipinski definition) is 0. The Hall–Kier alpha value is -0.210. The molecule has 2 saturated carbocycles. The summed E-state index contributed by atoms with van der Waals surface area (Å²) >= 11 is 0. The van der Waals surface area contributed by atoms with Crippen molar-refractivity contribution in [3.63, 3.8) is 0 Å². The molecular weight excluding hydrogens is 237 g/mol. The Kier molecular flexibility index (Phi) is 4.28. The first kappa shape index (κ1) is 14.2. The zero-order valence-electron chi connectivity index (χ0n) is 11.4. The van der Waals surface area contributed by atoms with Gasteiger partial charge in [0.1, 0.15) is 5.67 Å². The number of halogens is 3. The molecule has 2 aliphatic carbocycles. The summed E-state index contributed by atoms with van der Waals surface area (Å²) in [4.78, 5) is 0. The number of alkyl halides is 3. The van der Waals surface area contributed by atoms with Crippen molar-refractivity contribution in [2.75, 3.05) is 0 Å². The Morgan fingerprint density at radius 3 is 2.22 bits per heavy atom. The van der Waals surface area contributed by atoms with E-state index in [4.69, 9.17) is 0 Å². The molecule has 0 bridgehead atoms. The third-order valence-electron chi connectivity index (χ3n) is 5.03. The molecular formula is C15H25F3. The SMILES string of the molecule is CC[C@]1(F)CCC[C@H](CC2CCC(F)(F)CC2)C1. The van der Waals surface area contributed by atoms with E-state index in [0.29, 0.717) is 43.9 Å². The minimum absolute atomic E-state index is 0.0406. The van der Waals surface area contributed by atoms with Gasteiger partial charge in [-0.3, -0.25) is 0 Å². The Balaban J connectivity index is 1.80.